The predicted molar refractivity (Wildman–Crippen MR) is 49.0 cm³/mol. The van der Waals surface area contributed by atoms with Gasteiger partial charge in [-0.05, 0) is 47.9 Å². The van der Waals surface area contributed by atoms with Gasteiger partial charge in [-0.25, -0.2) is 0 Å². The Labute approximate surface area is 76.7 Å². The molecule has 0 aromatic rings. The number of hydrogen-bond donors (Lipinski definition) is 0. The fourth-order valence-corrected chi connectivity index (χ4v) is 0.343. The van der Waals surface area contributed by atoms with E-state index < -0.39 is 0 Å². The van der Waals surface area contributed by atoms with Crippen LogP contribution >= 0.6 is 0 Å². The van der Waals surface area contributed by atoms with Crippen LogP contribution in [-0.4, -0.2) is 5.78 Å². The van der Waals surface area contributed by atoms with Crippen molar-refractivity contribution in [2.45, 2.75) is 6.92 Å². The highest BCUT2D eigenvalue weighted by Crippen LogP contribution is 1.66. The molecule has 0 aliphatic heterocycles. The maximum Gasteiger partial charge on any atom is 0.160 e. The first kappa shape index (κ1) is 10.7. The Bertz CT molecular complexity index is 485. The first-order chi connectivity index (χ1) is 6.27. The summed E-state index contributed by atoms with van der Waals surface area (Å²) in [4.78, 5) is 10.4. The lowest BCUT2D eigenvalue weighted by Crippen LogP contribution is -1.75. The first-order valence-electron chi connectivity index (χ1n) is 3.39. The molecule has 0 aromatic carbocycles. The van der Waals surface area contributed by atoms with E-state index in [1.54, 1.807) is 0 Å². The van der Waals surface area contributed by atoms with Crippen molar-refractivity contribution in [3.63, 3.8) is 0 Å². The molecule has 0 heterocycles. The number of carbonyl (C=O) groups is 1. The third-order valence-electron chi connectivity index (χ3n) is 0.748. The summed E-state index contributed by atoms with van der Waals surface area (Å²) >= 11 is 0. The summed E-state index contributed by atoms with van der Waals surface area (Å²) in [7, 11) is 0. The Kier molecular flexibility index (Phi) is 6.35. The number of allylic oxidation sites excluding steroid dienone is 1. The number of ketones is 1. The summed E-state index contributed by atoms with van der Waals surface area (Å²) in [5.41, 5.74) is 19.5. The minimum atomic E-state index is -0.0942. The lowest BCUT2D eigenvalue weighted by Gasteiger charge is -1.63. The van der Waals surface area contributed by atoms with E-state index >= 15 is 0 Å². The van der Waals surface area contributed by atoms with E-state index in [1.807, 2.05) is 0 Å². The van der Waals surface area contributed by atoms with Gasteiger partial charge in [-0.15, -0.1) is 0 Å². The maximum absolute atomic E-state index is 10.4. The highest BCUT2D eigenvalue weighted by Gasteiger charge is 1.73. The van der Waals surface area contributed by atoms with Crippen LogP contribution in [-0.2, 0) is 4.79 Å². The Morgan fingerprint density at radius 3 is 2.15 bits per heavy atom. The molecule has 13 heavy (non-hydrogen) atoms. The molecule has 0 bridgehead atoms. The second kappa shape index (κ2) is 7.75. The topological polar surface area (TPSA) is 17.1 Å². The summed E-state index contributed by atoms with van der Waals surface area (Å²) < 4.78 is 0. The van der Waals surface area contributed by atoms with Crippen LogP contribution in [0.3, 0.4) is 0 Å². The molecule has 0 rings (SSSR count). The lowest BCUT2D eigenvalue weighted by atomic mass is 10.4. The normalized spacial score (nSPS) is 5.00. The molecule has 0 spiro atoms. The monoisotopic (exact) mass is 166 g/mol. The van der Waals surface area contributed by atoms with E-state index in [1.165, 1.54) is 13.0 Å². The molecule has 0 saturated carbocycles. The number of carbonyl (C=O) groups excluding carboxylic acids is 1. The Balaban J connectivity index is 5.13. The highest BCUT2D eigenvalue weighted by molar-refractivity contribution is 5.86. The van der Waals surface area contributed by atoms with Crippen molar-refractivity contribution in [1.29, 1.82) is 0 Å². The molecule has 0 radical (unpaired) electrons. The van der Waals surface area contributed by atoms with Gasteiger partial charge in [0.15, 0.2) is 5.78 Å². The smallest absolute Gasteiger partial charge is 0.160 e. The van der Waals surface area contributed by atoms with Gasteiger partial charge in [-0.1, -0.05) is 11.5 Å². The van der Waals surface area contributed by atoms with Gasteiger partial charge < -0.3 is 0 Å². The van der Waals surface area contributed by atoms with Crippen molar-refractivity contribution in [2.75, 3.05) is 0 Å². The van der Waals surface area contributed by atoms with E-state index in [-0.39, 0.29) is 5.78 Å². The fraction of sp³-hybridized carbons (Fsp3) is 0.0833. The second-order valence-corrected chi connectivity index (χ2v) is 1.83. The molecule has 0 saturated heterocycles. The first-order valence-corrected chi connectivity index (χ1v) is 3.39. The Morgan fingerprint density at radius 2 is 1.62 bits per heavy atom. The van der Waals surface area contributed by atoms with Gasteiger partial charge in [0.1, 0.15) is 0 Å². The molecule has 0 aliphatic carbocycles. The van der Waals surface area contributed by atoms with Crippen LogP contribution in [0, 0.1) is 0 Å². The van der Waals surface area contributed by atoms with Crippen molar-refractivity contribution in [3.05, 3.63) is 58.5 Å². The van der Waals surface area contributed by atoms with E-state index in [0.717, 1.165) is 0 Å². The predicted octanol–water partition coefficient (Wildman–Crippen LogP) is 2.00. The zero-order valence-corrected chi connectivity index (χ0v) is 7.19. The molecule has 0 unspecified atom stereocenters. The average molecular weight is 166 g/mol. The van der Waals surface area contributed by atoms with E-state index in [2.05, 4.69) is 52.4 Å². The Morgan fingerprint density at radius 1 is 1.08 bits per heavy atom. The molecular weight excluding hydrogens is 160 g/mol. The summed E-state index contributed by atoms with van der Waals surface area (Å²) in [6.07, 6.45) is 1.25. The molecule has 0 aliphatic rings. The molecular formula is C12H6O. The lowest BCUT2D eigenvalue weighted by molar-refractivity contribution is -0.112. The van der Waals surface area contributed by atoms with Gasteiger partial charge in [-0.2, -0.15) is 0 Å². The van der Waals surface area contributed by atoms with Crippen LogP contribution < -0.4 is 0 Å². The van der Waals surface area contributed by atoms with Crippen LogP contribution in [0.1, 0.15) is 6.92 Å². The molecule has 0 aromatic heterocycles. The van der Waals surface area contributed by atoms with E-state index in [9.17, 15) is 4.79 Å². The van der Waals surface area contributed by atoms with Crippen molar-refractivity contribution in [3.8, 4) is 0 Å². The summed E-state index contributed by atoms with van der Waals surface area (Å²) in [6, 6.07) is 0. The minimum absolute atomic E-state index is 0.0942. The van der Waals surface area contributed by atoms with Crippen molar-refractivity contribution >= 4 is 5.78 Å². The summed E-state index contributed by atoms with van der Waals surface area (Å²) in [6.45, 7) is 4.69. The van der Waals surface area contributed by atoms with Crippen molar-refractivity contribution < 1.29 is 4.79 Å². The van der Waals surface area contributed by atoms with Gasteiger partial charge >= 0.3 is 0 Å². The van der Waals surface area contributed by atoms with Gasteiger partial charge in [0.05, 0.1) is 0 Å². The molecule has 1 heteroatoms. The molecule has 0 atom stereocenters. The zero-order chi connectivity index (χ0) is 9.94. The standard InChI is InChI=1S/C12H6O/c1-3-4-5-6-7-8-9-10-11-12(2)13/h11H,1H2,2H3. The number of rotatable bonds is 1. The third-order valence-corrected chi connectivity index (χ3v) is 0.748. The van der Waals surface area contributed by atoms with Crippen LogP contribution in [0.5, 0.6) is 0 Å². The molecule has 60 valence electrons. The van der Waals surface area contributed by atoms with Crippen LogP contribution in [0.2, 0.25) is 0 Å². The fourth-order valence-electron chi connectivity index (χ4n) is 0.343. The minimum Gasteiger partial charge on any atom is -0.294 e. The second-order valence-electron chi connectivity index (χ2n) is 1.83. The van der Waals surface area contributed by atoms with Crippen molar-refractivity contribution in [2.24, 2.45) is 0 Å². The van der Waals surface area contributed by atoms with Crippen LogP contribution in [0.4, 0.5) is 0 Å². The van der Waals surface area contributed by atoms with Gasteiger partial charge in [-0.3, -0.25) is 4.79 Å². The van der Waals surface area contributed by atoms with Crippen molar-refractivity contribution in [1.82, 2.24) is 0 Å². The number of hydrogen-bond acceptors (Lipinski definition) is 1. The largest absolute Gasteiger partial charge is 0.294 e. The van der Waals surface area contributed by atoms with E-state index in [4.69, 9.17) is 0 Å². The van der Waals surface area contributed by atoms with Crippen LogP contribution in [0.15, 0.2) is 58.5 Å². The maximum atomic E-state index is 10.4. The summed E-state index contributed by atoms with van der Waals surface area (Å²) in [5, 5.41) is 0. The van der Waals surface area contributed by atoms with Gasteiger partial charge in [0.25, 0.3) is 0 Å². The molecule has 0 N–H and O–H groups in total. The average Bonchev–Trinajstić information content (AvgIpc) is 2.09. The molecule has 1 nitrogen and oxygen atoms in total. The third kappa shape index (κ3) is 9.65. The van der Waals surface area contributed by atoms with Gasteiger partial charge in [0.2, 0.25) is 0 Å². The zero-order valence-electron chi connectivity index (χ0n) is 7.19. The quantitative estimate of drug-likeness (QED) is 0.430. The Hall–Kier alpha value is -2.35. The summed E-state index contributed by atoms with van der Waals surface area (Å²) in [5.74, 6) is -0.0942. The highest BCUT2D eigenvalue weighted by atomic mass is 16.1. The SMILES string of the molecule is C=C=C=C=C=C=C=C=C=CC(C)=O. The molecule has 0 fully saturated rings. The molecule has 0 amide bonds. The van der Waals surface area contributed by atoms with Crippen LogP contribution in [0.25, 0.3) is 0 Å². The van der Waals surface area contributed by atoms with Gasteiger partial charge in [0, 0.05) is 6.08 Å². The van der Waals surface area contributed by atoms with E-state index in [0.29, 0.717) is 0 Å².